The maximum absolute atomic E-state index is 12.7. The second-order valence-corrected chi connectivity index (χ2v) is 7.22. The molecule has 1 aliphatic rings. The molecule has 0 saturated carbocycles. The predicted octanol–water partition coefficient (Wildman–Crippen LogP) is 4.70. The maximum Gasteiger partial charge on any atom is 0.223 e. The van der Waals surface area contributed by atoms with Crippen LogP contribution in [0.2, 0.25) is 0 Å². The van der Waals surface area contributed by atoms with E-state index in [1.54, 1.807) is 17.5 Å². The van der Waals surface area contributed by atoms with Crippen molar-refractivity contribution in [2.75, 3.05) is 6.54 Å². The number of oxazole rings is 1. The number of thiophene rings is 1. The van der Waals surface area contributed by atoms with Crippen LogP contribution in [0.4, 0.5) is 0 Å². The molecule has 4 nitrogen and oxygen atoms in total. The average Bonchev–Trinajstić information content (AvgIpc) is 3.41. The van der Waals surface area contributed by atoms with Gasteiger partial charge < -0.3 is 9.32 Å². The monoisotopic (exact) mass is 352 g/mol. The fourth-order valence-electron chi connectivity index (χ4n) is 3.36. The number of carbonyl (C=O) groups is 1. The molecule has 0 spiro atoms. The largest absolute Gasteiger partial charge is 0.441 e. The zero-order chi connectivity index (χ0) is 17.1. The van der Waals surface area contributed by atoms with Crippen LogP contribution < -0.4 is 0 Å². The highest BCUT2D eigenvalue weighted by Gasteiger charge is 2.30. The fraction of sp³-hybridized carbons (Fsp3) is 0.300. The molecule has 1 saturated heterocycles. The molecular formula is C20H20N2O2S. The molecule has 1 aromatic carbocycles. The molecule has 128 valence electrons. The Bertz CT molecular complexity index is 827. The first-order chi connectivity index (χ1) is 12.3. The van der Waals surface area contributed by atoms with E-state index in [2.05, 4.69) is 22.5 Å². The molecular weight excluding hydrogens is 332 g/mol. The van der Waals surface area contributed by atoms with Gasteiger partial charge in [0.25, 0.3) is 0 Å². The third-order valence-electron chi connectivity index (χ3n) is 4.61. The van der Waals surface area contributed by atoms with E-state index in [-0.39, 0.29) is 11.9 Å². The molecule has 5 heteroatoms. The van der Waals surface area contributed by atoms with E-state index >= 15 is 0 Å². The lowest BCUT2D eigenvalue weighted by Gasteiger charge is -2.23. The minimum Gasteiger partial charge on any atom is -0.441 e. The Morgan fingerprint density at radius 2 is 2.12 bits per heavy atom. The highest BCUT2D eigenvalue weighted by Crippen LogP contribution is 2.35. The van der Waals surface area contributed by atoms with Gasteiger partial charge in [-0.2, -0.15) is 0 Å². The maximum atomic E-state index is 12.7. The van der Waals surface area contributed by atoms with Crippen LogP contribution in [0, 0.1) is 0 Å². The van der Waals surface area contributed by atoms with Gasteiger partial charge in [-0.3, -0.25) is 4.79 Å². The Morgan fingerprint density at radius 1 is 1.24 bits per heavy atom. The predicted molar refractivity (Wildman–Crippen MR) is 98.3 cm³/mol. The van der Waals surface area contributed by atoms with Gasteiger partial charge in [-0.25, -0.2) is 4.98 Å². The summed E-state index contributed by atoms with van der Waals surface area (Å²) in [5.41, 5.74) is 1.00. The molecule has 3 heterocycles. The standard InChI is InChI=1S/C20H20N2O2S/c23-20(22-12-4-8-16(22)18-9-5-13-25-18)11-10-19-21-14-17(24-19)15-6-2-1-3-7-15/h1-3,5-7,9,13-14,16H,4,8,10-12H2/t16-/m0/s1. The Kier molecular flexibility index (Phi) is 4.65. The van der Waals surface area contributed by atoms with E-state index in [9.17, 15) is 4.79 Å². The summed E-state index contributed by atoms with van der Waals surface area (Å²) in [7, 11) is 0. The summed E-state index contributed by atoms with van der Waals surface area (Å²) in [6, 6.07) is 14.3. The summed E-state index contributed by atoms with van der Waals surface area (Å²) < 4.78 is 5.80. The van der Waals surface area contributed by atoms with Gasteiger partial charge in [-0.1, -0.05) is 36.4 Å². The molecule has 3 aromatic rings. The lowest BCUT2D eigenvalue weighted by molar-refractivity contribution is -0.132. The van der Waals surface area contributed by atoms with Crippen molar-refractivity contribution in [3.63, 3.8) is 0 Å². The first-order valence-electron chi connectivity index (χ1n) is 8.64. The first-order valence-corrected chi connectivity index (χ1v) is 9.52. The number of carbonyl (C=O) groups excluding carboxylic acids is 1. The van der Waals surface area contributed by atoms with Crippen molar-refractivity contribution in [1.29, 1.82) is 0 Å². The third kappa shape index (κ3) is 3.51. The quantitative estimate of drug-likeness (QED) is 0.669. The van der Waals surface area contributed by atoms with Crippen LogP contribution in [-0.2, 0) is 11.2 Å². The van der Waals surface area contributed by atoms with Crippen molar-refractivity contribution < 1.29 is 9.21 Å². The molecule has 0 bridgehead atoms. The number of hydrogen-bond donors (Lipinski definition) is 0. The van der Waals surface area contributed by atoms with E-state index in [4.69, 9.17) is 4.42 Å². The van der Waals surface area contributed by atoms with Gasteiger partial charge in [0.05, 0.1) is 12.2 Å². The van der Waals surface area contributed by atoms with E-state index < -0.39 is 0 Å². The van der Waals surface area contributed by atoms with Gasteiger partial charge >= 0.3 is 0 Å². The van der Waals surface area contributed by atoms with Gasteiger partial charge in [0, 0.05) is 29.8 Å². The zero-order valence-corrected chi connectivity index (χ0v) is 14.7. The SMILES string of the molecule is O=C(CCc1ncc(-c2ccccc2)o1)N1CCC[C@H]1c1cccs1. The van der Waals surface area contributed by atoms with E-state index in [1.807, 2.05) is 35.2 Å². The number of aromatic nitrogens is 1. The zero-order valence-electron chi connectivity index (χ0n) is 13.9. The summed E-state index contributed by atoms with van der Waals surface area (Å²) in [4.78, 5) is 20.3. The highest BCUT2D eigenvalue weighted by molar-refractivity contribution is 7.10. The van der Waals surface area contributed by atoms with Crippen LogP contribution in [0.25, 0.3) is 11.3 Å². The Hall–Kier alpha value is -2.40. The molecule has 0 radical (unpaired) electrons. The van der Waals surface area contributed by atoms with Crippen molar-refractivity contribution in [2.45, 2.75) is 31.7 Å². The molecule has 0 aliphatic carbocycles. The number of nitrogens with zero attached hydrogens (tertiary/aromatic N) is 2. The van der Waals surface area contributed by atoms with E-state index in [0.29, 0.717) is 18.7 Å². The number of aryl methyl sites for hydroxylation is 1. The summed E-state index contributed by atoms with van der Waals surface area (Å²) in [6.45, 7) is 0.849. The van der Waals surface area contributed by atoms with Crippen LogP contribution in [-0.4, -0.2) is 22.3 Å². The van der Waals surface area contributed by atoms with Gasteiger partial charge in [0.15, 0.2) is 11.7 Å². The average molecular weight is 352 g/mol. The first kappa shape index (κ1) is 16.1. The Labute approximate surface area is 151 Å². The second kappa shape index (κ2) is 7.23. The molecule has 1 fully saturated rings. The van der Waals surface area contributed by atoms with Gasteiger partial charge in [0.1, 0.15) is 0 Å². The Morgan fingerprint density at radius 3 is 2.92 bits per heavy atom. The van der Waals surface area contributed by atoms with E-state index in [1.165, 1.54) is 4.88 Å². The molecule has 25 heavy (non-hydrogen) atoms. The number of amides is 1. The highest BCUT2D eigenvalue weighted by atomic mass is 32.1. The number of hydrogen-bond acceptors (Lipinski definition) is 4. The van der Waals surface area contributed by atoms with Gasteiger partial charge in [-0.05, 0) is 24.3 Å². The van der Waals surface area contributed by atoms with E-state index in [0.717, 1.165) is 30.7 Å². The van der Waals surface area contributed by atoms with Gasteiger partial charge in [0.2, 0.25) is 5.91 Å². The minimum atomic E-state index is 0.190. The Balaban J connectivity index is 1.38. The molecule has 0 unspecified atom stereocenters. The van der Waals surface area contributed by atoms with Crippen molar-refractivity contribution in [3.8, 4) is 11.3 Å². The van der Waals surface area contributed by atoms with Gasteiger partial charge in [-0.15, -0.1) is 11.3 Å². The fourth-order valence-corrected chi connectivity index (χ4v) is 4.23. The number of likely N-dealkylation sites (tertiary alicyclic amines) is 1. The topological polar surface area (TPSA) is 46.3 Å². The summed E-state index contributed by atoms with van der Waals surface area (Å²) >= 11 is 1.73. The van der Waals surface area contributed by atoms with Crippen LogP contribution >= 0.6 is 11.3 Å². The summed E-state index contributed by atoms with van der Waals surface area (Å²) in [6.07, 6.45) is 4.85. The van der Waals surface area contributed by atoms with Crippen LogP contribution in [0.5, 0.6) is 0 Å². The summed E-state index contributed by atoms with van der Waals surface area (Å²) in [5, 5.41) is 2.08. The smallest absolute Gasteiger partial charge is 0.223 e. The van der Waals surface area contributed by atoms with Crippen molar-refractivity contribution in [2.24, 2.45) is 0 Å². The van der Waals surface area contributed by atoms with Crippen LogP contribution in [0.15, 0.2) is 58.5 Å². The minimum absolute atomic E-state index is 0.190. The molecule has 1 atom stereocenters. The van der Waals surface area contributed by atoms with Crippen molar-refractivity contribution >= 4 is 17.2 Å². The molecule has 0 N–H and O–H groups in total. The molecule has 1 amide bonds. The summed E-state index contributed by atoms with van der Waals surface area (Å²) in [5.74, 6) is 1.56. The van der Waals surface area contributed by atoms with Crippen molar-refractivity contribution in [1.82, 2.24) is 9.88 Å². The number of benzene rings is 1. The normalized spacial score (nSPS) is 17.1. The van der Waals surface area contributed by atoms with Crippen molar-refractivity contribution in [3.05, 3.63) is 64.8 Å². The second-order valence-electron chi connectivity index (χ2n) is 6.24. The third-order valence-corrected chi connectivity index (χ3v) is 5.58. The lowest BCUT2D eigenvalue weighted by Crippen LogP contribution is -2.30. The lowest BCUT2D eigenvalue weighted by atomic mass is 10.1. The number of rotatable bonds is 5. The molecule has 2 aromatic heterocycles. The molecule has 1 aliphatic heterocycles. The molecule has 4 rings (SSSR count). The van der Waals surface area contributed by atoms with Crippen LogP contribution in [0.1, 0.15) is 36.1 Å². The van der Waals surface area contributed by atoms with Crippen LogP contribution in [0.3, 0.4) is 0 Å².